The molecule has 0 fully saturated rings. The predicted octanol–water partition coefficient (Wildman–Crippen LogP) is 2.07. The average Bonchev–Trinajstić information content (AvgIpc) is 2.68. The molecule has 0 aliphatic heterocycles. The molecule has 0 saturated heterocycles. The maximum Gasteiger partial charge on any atom is 0.125 e. The Labute approximate surface area is 95.3 Å². The molecule has 0 saturated carbocycles. The van der Waals surface area contributed by atoms with Gasteiger partial charge in [0.1, 0.15) is 5.82 Å². The second kappa shape index (κ2) is 4.79. The molecule has 2 heterocycles. The van der Waals surface area contributed by atoms with E-state index in [0.29, 0.717) is 0 Å². The van der Waals surface area contributed by atoms with Gasteiger partial charge in [-0.3, -0.25) is 4.68 Å². The minimum Gasteiger partial charge on any atom is -0.370 e. The highest BCUT2D eigenvalue weighted by Crippen LogP contribution is 2.07. The van der Waals surface area contributed by atoms with E-state index in [-0.39, 0.29) is 0 Å². The molecule has 4 nitrogen and oxygen atoms in total. The van der Waals surface area contributed by atoms with Crippen molar-refractivity contribution in [2.75, 3.05) is 11.9 Å². The largest absolute Gasteiger partial charge is 0.370 e. The summed E-state index contributed by atoms with van der Waals surface area (Å²) in [4.78, 5) is 4.33. The predicted molar refractivity (Wildman–Crippen MR) is 64.5 cm³/mol. The fraction of sp³-hybridized carbons (Fsp3) is 0.333. The van der Waals surface area contributed by atoms with E-state index in [1.165, 1.54) is 0 Å². The van der Waals surface area contributed by atoms with Crippen molar-refractivity contribution in [1.82, 2.24) is 14.8 Å². The van der Waals surface area contributed by atoms with Crippen LogP contribution in [0.1, 0.15) is 18.2 Å². The van der Waals surface area contributed by atoms with Gasteiger partial charge in [0.25, 0.3) is 0 Å². The Morgan fingerprint density at radius 3 is 2.75 bits per heavy atom. The molecule has 0 spiro atoms. The third-order valence-corrected chi connectivity index (χ3v) is 2.44. The molecular weight excluding hydrogens is 200 g/mol. The standard InChI is InChI=1S/C12H16N4/c1-3-13-12-5-4-11(8-14-12)9-16-10(2)6-7-15-16/h4-8H,3,9H2,1-2H3,(H,13,14). The molecule has 0 aliphatic rings. The van der Waals surface area contributed by atoms with Crippen LogP contribution in [0.3, 0.4) is 0 Å². The van der Waals surface area contributed by atoms with E-state index in [1.54, 1.807) is 0 Å². The van der Waals surface area contributed by atoms with E-state index in [9.17, 15) is 0 Å². The van der Waals surface area contributed by atoms with E-state index in [0.717, 1.165) is 30.2 Å². The van der Waals surface area contributed by atoms with E-state index < -0.39 is 0 Å². The highest BCUT2D eigenvalue weighted by molar-refractivity contribution is 5.35. The summed E-state index contributed by atoms with van der Waals surface area (Å²) >= 11 is 0. The molecule has 0 unspecified atom stereocenters. The highest BCUT2D eigenvalue weighted by atomic mass is 15.3. The second-order valence-electron chi connectivity index (χ2n) is 3.71. The van der Waals surface area contributed by atoms with Crippen LogP contribution in [-0.2, 0) is 6.54 Å². The third-order valence-electron chi connectivity index (χ3n) is 2.44. The van der Waals surface area contributed by atoms with E-state index in [2.05, 4.69) is 28.4 Å². The maximum absolute atomic E-state index is 4.33. The lowest BCUT2D eigenvalue weighted by Crippen LogP contribution is -2.05. The molecule has 2 aromatic rings. The summed E-state index contributed by atoms with van der Waals surface area (Å²) in [6.45, 7) is 5.78. The van der Waals surface area contributed by atoms with Crippen LogP contribution < -0.4 is 5.32 Å². The molecule has 0 radical (unpaired) electrons. The summed E-state index contributed by atoms with van der Waals surface area (Å²) in [6.07, 6.45) is 3.70. The quantitative estimate of drug-likeness (QED) is 0.850. The van der Waals surface area contributed by atoms with Crippen molar-refractivity contribution in [3.63, 3.8) is 0 Å². The lowest BCUT2D eigenvalue weighted by molar-refractivity contribution is 0.663. The summed E-state index contributed by atoms with van der Waals surface area (Å²) < 4.78 is 1.96. The van der Waals surface area contributed by atoms with E-state index in [4.69, 9.17) is 0 Å². The fourth-order valence-electron chi connectivity index (χ4n) is 1.54. The molecule has 0 atom stereocenters. The van der Waals surface area contributed by atoms with Gasteiger partial charge in [0.05, 0.1) is 6.54 Å². The number of hydrogen-bond donors (Lipinski definition) is 1. The number of nitrogens with zero attached hydrogens (tertiary/aromatic N) is 3. The lowest BCUT2D eigenvalue weighted by atomic mass is 10.3. The van der Waals surface area contributed by atoms with Gasteiger partial charge in [-0.2, -0.15) is 5.10 Å². The van der Waals surface area contributed by atoms with Crippen LogP contribution in [0.15, 0.2) is 30.6 Å². The number of rotatable bonds is 4. The molecular formula is C12H16N4. The van der Waals surface area contributed by atoms with E-state index in [1.807, 2.05) is 36.1 Å². The highest BCUT2D eigenvalue weighted by Gasteiger charge is 1.99. The van der Waals surface area contributed by atoms with Crippen molar-refractivity contribution in [3.05, 3.63) is 41.9 Å². The zero-order valence-corrected chi connectivity index (χ0v) is 9.64. The molecule has 0 aliphatic carbocycles. The molecule has 0 bridgehead atoms. The normalized spacial score (nSPS) is 10.4. The SMILES string of the molecule is CCNc1ccc(Cn2nccc2C)cn1. The van der Waals surface area contributed by atoms with Gasteiger partial charge < -0.3 is 5.32 Å². The monoisotopic (exact) mass is 216 g/mol. The van der Waals surface area contributed by atoms with Crippen LogP contribution in [0.25, 0.3) is 0 Å². The Bertz CT molecular complexity index is 444. The number of nitrogens with one attached hydrogen (secondary N) is 1. The minimum atomic E-state index is 0.776. The van der Waals surface area contributed by atoms with Crippen LogP contribution in [0.2, 0.25) is 0 Å². The molecule has 0 amide bonds. The summed E-state index contributed by atoms with van der Waals surface area (Å²) in [6, 6.07) is 6.07. The van der Waals surface area contributed by atoms with Crippen molar-refractivity contribution in [2.45, 2.75) is 20.4 Å². The number of pyridine rings is 1. The number of aryl methyl sites for hydroxylation is 1. The first kappa shape index (κ1) is 10.7. The van der Waals surface area contributed by atoms with Crippen LogP contribution in [-0.4, -0.2) is 21.3 Å². The minimum absolute atomic E-state index is 0.776. The topological polar surface area (TPSA) is 42.7 Å². The zero-order valence-electron chi connectivity index (χ0n) is 9.64. The van der Waals surface area contributed by atoms with Crippen molar-refractivity contribution < 1.29 is 0 Å². The van der Waals surface area contributed by atoms with Gasteiger partial charge in [-0.05, 0) is 31.5 Å². The Hall–Kier alpha value is -1.84. The first-order valence-corrected chi connectivity index (χ1v) is 5.47. The molecule has 0 aromatic carbocycles. The van der Waals surface area contributed by atoms with Gasteiger partial charge >= 0.3 is 0 Å². The lowest BCUT2D eigenvalue weighted by Gasteiger charge is -2.06. The van der Waals surface area contributed by atoms with Gasteiger partial charge in [-0.25, -0.2) is 4.98 Å². The van der Waals surface area contributed by atoms with Crippen LogP contribution in [0.5, 0.6) is 0 Å². The average molecular weight is 216 g/mol. The molecule has 16 heavy (non-hydrogen) atoms. The van der Waals surface area contributed by atoms with E-state index >= 15 is 0 Å². The Morgan fingerprint density at radius 2 is 2.19 bits per heavy atom. The van der Waals surface area contributed by atoms with Gasteiger partial charge in [0.15, 0.2) is 0 Å². The fourth-order valence-corrected chi connectivity index (χ4v) is 1.54. The molecule has 1 N–H and O–H groups in total. The Balaban J connectivity index is 2.08. The molecule has 2 aromatic heterocycles. The summed E-state index contributed by atoms with van der Waals surface area (Å²) in [7, 11) is 0. The molecule has 4 heteroatoms. The summed E-state index contributed by atoms with van der Waals surface area (Å²) in [5.41, 5.74) is 2.32. The first-order valence-electron chi connectivity index (χ1n) is 5.47. The van der Waals surface area contributed by atoms with Crippen molar-refractivity contribution >= 4 is 5.82 Å². The summed E-state index contributed by atoms with van der Waals surface area (Å²) in [5, 5.41) is 7.41. The van der Waals surface area contributed by atoms with Gasteiger partial charge in [0, 0.05) is 24.6 Å². The van der Waals surface area contributed by atoms with Gasteiger partial charge in [0.2, 0.25) is 0 Å². The second-order valence-corrected chi connectivity index (χ2v) is 3.71. The first-order chi connectivity index (χ1) is 7.79. The summed E-state index contributed by atoms with van der Waals surface area (Å²) in [5.74, 6) is 0.920. The Morgan fingerprint density at radius 1 is 1.31 bits per heavy atom. The van der Waals surface area contributed by atoms with Crippen molar-refractivity contribution in [2.24, 2.45) is 0 Å². The number of anilines is 1. The van der Waals surface area contributed by atoms with Crippen LogP contribution >= 0.6 is 0 Å². The number of hydrogen-bond acceptors (Lipinski definition) is 3. The molecule has 2 rings (SSSR count). The molecule has 84 valence electrons. The van der Waals surface area contributed by atoms with Gasteiger partial charge in [-0.1, -0.05) is 6.07 Å². The van der Waals surface area contributed by atoms with Crippen molar-refractivity contribution in [1.29, 1.82) is 0 Å². The zero-order chi connectivity index (χ0) is 11.4. The van der Waals surface area contributed by atoms with Crippen molar-refractivity contribution in [3.8, 4) is 0 Å². The maximum atomic E-state index is 4.33. The van der Waals surface area contributed by atoms with Crippen LogP contribution in [0.4, 0.5) is 5.82 Å². The van der Waals surface area contributed by atoms with Crippen LogP contribution in [0, 0.1) is 6.92 Å². The smallest absolute Gasteiger partial charge is 0.125 e. The number of aromatic nitrogens is 3. The Kier molecular flexibility index (Phi) is 3.19. The third kappa shape index (κ3) is 2.39. The van der Waals surface area contributed by atoms with Gasteiger partial charge in [-0.15, -0.1) is 0 Å².